The van der Waals surface area contributed by atoms with E-state index >= 15 is 0 Å². The van der Waals surface area contributed by atoms with Gasteiger partial charge >= 0.3 is 0 Å². The Hall–Kier alpha value is -2.03. The summed E-state index contributed by atoms with van der Waals surface area (Å²) in [6.07, 6.45) is 0. The topological polar surface area (TPSA) is 87.6 Å². The second kappa shape index (κ2) is 6.46. The molecule has 0 aliphatic carbocycles. The van der Waals surface area contributed by atoms with Gasteiger partial charge in [0.15, 0.2) is 5.17 Å². The SMILES string of the molecule is Cc1cc2c(cc1Cl)SC(NNC(=O)c1ccccc1)=NS2(=O)=O. The summed E-state index contributed by atoms with van der Waals surface area (Å²) in [6.45, 7) is 1.72. The van der Waals surface area contributed by atoms with Crippen LogP contribution in [0.5, 0.6) is 0 Å². The van der Waals surface area contributed by atoms with Crippen molar-refractivity contribution in [2.45, 2.75) is 16.7 Å². The van der Waals surface area contributed by atoms with Crippen LogP contribution in [-0.2, 0) is 10.0 Å². The van der Waals surface area contributed by atoms with Gasteiger partial charge in [0.2, 0.25) is 0 Å². The fourth-order valence-corrected chi connectivity index (χ4v) is 4.78. The summed E-state index contributed by atoms with van der Waals surface area (Å²) in [5.74, 6) is -0.399. The summed E-state index contributed by atoms with van der Waals surface area (Å²) in [7, 11) is -3.85. The lowest BCUT2D eigenvalue weighted by atomic mass is 10.2. The lowest BCUT2D eigenvalue weighted by Crippen LogP contribution is -2.41. The van der Waals surface area contributed by atoms with E-state index in [1.807, 2.05) is 0 Å². The van der Waals surface area contributed by atoms with Gasteiger partial charge < -0.3 is 0 Å². The maximum absolute atomic E-state index is 12.3. The summed E-state index contributed by atoms with van der Waals surface area (Å²) in [6, 6.07) is 11.6. The molecule has 24 heavy (non-hydrogen) atoms. The standard InChI is InChI=1S/C15H12ClN3O3S2/c1-9-7-13-12(8-11(9)16)23-15(19-24(13,21)22)18-17-14(20)10-5-3-2-4-6-10/h2-8H,1H3,(H,17,20)(H,18,19). The number of carbonyl (C=O) groups is 1. The first-order valence-corrected chi connectivity index (χ1v) is 9.44. The van der Waals surface area contributed by atoms with E-state index in [0.29, 0.717) is 21.0 Å². The molecule has 0 atom stereocenters. The van der Waals surface area contributed by atoms with Crippen LogP contribution in [0.15, 0.2) is 56.7 Å². The first kappa shape index (κ1) is 16.8. The van der Waals surface area contributed by atoms with E-state index < -0.39 is 15.9 Å². The molecule has 0 bridgehead atoms. The molecule has 0 saturated heterocycles. The van der Waals surface area contributed by atoms with Crippen molar-refractivity contribution in [3.63, 3.8) is 0 Å². The van der Waals surface area contributed by atoms with Crippen molar-refractivity contribution in [2.24, 2.45) is 4.40 Å². The predicted molar refractivity (Wildman–Crippen MR) is 93.7 cm³/mol. The number of halogens is 1. The summed E-state index contributed by atoms with van der Waals surface area (Å²) in [5, 5.41) is 0.512. The molecule has 0 fully saturated rings. The van der Waals surface area contributed by atoms with Crippen LogP contribution >= 0.6 is 23.4 Å². The Kier molecular flexibility index (Phi) is 4.53. The van der Waals surface area contributed by atoms with Gasteiger partial charge in [0, 0.05) is 15.5 Å². The first-order chi connectivity index (χ1) is 11.4. The maximum Gasteiger partial charge on any atom is 0.285 e. The van der Waals surface area contributed by atoms with Crippen molar-refractivity contribution in [3.8, 4) is 0 Å². The van der Waals surface area contributed by atoms with E-state index in [1.54, 1.807) is 43.3 Å². The molecule has 6 nitrogen and oxygen atoms in total. The lowest BCUT2D eigenvalue weighted by molar-refractivity contribution is 0.0944. The van der Waals surface area contributed by atoms with E-state index in [1.165, 1.54) is 6.07 Å². The highest BCUT2D eigenvalue weighted by molar-refractivity contribution is 8.15. The van der Waals surface area contributed by atoms with Gasteiger partial charge in [-0.3, -0.25) is 15.6 Å². The van der Waals surface area contributed by atoms with Crippen LogP contribution in [-0.4, -0.2) is 19.5 Å². The third-order valence-electron chi connectivity index (χ3n) is 3.23. The Morgan fingerprint density at radius 3 is 2.62 bits per heavy atom. The number of hydrazine groups is 1. The van der Waals surface area contributed by atoms with Crippen molar-refractivity contribution < 1.29 is 13.2 Å². The smallest absolute Gasteiger partial charge is 0.275 e. The summed E-state index contributed by atoms with van der Waals surface area (Å²) >= 11 is 7.14. The van der Waals surface area contributed by atoms with Gasteiger partial charge in [0.05, 0.1) is 0 Å². The zero-order chi connectivity index (χ0) is 17.3. The number of nitrogens with one attached hydrogen (secondary N) is 2. The monoisotopic (exact) mass is 381 g/mol. The van der Waals surface area contributed by atoms with Crippen LogP contribution in [0.4, 0.5) is 0 Å². The van der Waals surface area contributed by atoms with Crippen LogP contribution in [0.2, 0.25) is 5.02 Å². The Balaban J connectivity index is 1.80. The zero-order valence-electron chi connectivity index (χ0n) is 12.4. The number of benzene rings is 2. The molecule has 0 unspecified atom stereocenters. The van der Waals surface area contributed by atoms with Crippen molar-refractivity contribution in [1.29, 1.82) is 0 Å². The molecule has 2 N–H and O–H groups in total. The van der Waals surface area contributed by atoms with E-state index in [-0.39, 0.29) is 10.1 Å². The van der Waals surface area contributed by atoms with Gasteiger partial charge in [0.1, 0.15) is 4.90 Å². The lowest BCUT2D eigenvalue weighted by Gasteiger charge is -2.17. The van der Waals surface area contributed by atoms with Gasteiger partial charge in [-0.1, -0.05) is 29.8 Å². The van der Waals surface area contributed by atoms with E-state index in [0.717, 1.165) is 11.8 Å². The number of rotatable bonds is 1. The highest BCUT2D eigenvalue weighted by Crippen LogP contribution is 2.36. The summed E-state index contributed by atoms with van der Waals surface area (Å²) in [4.78, 5) is 12.5. The van der Waals surface area contributed by atoms with E-state index in [4.69, 9.17) is 11.6 Å². The van der Waals surface area contributed by atoms with Gasteiger partial charge in [-0.2, -0.15) is 8.42 Å². The number of amidine groups is 1. The fraction of sp³-hybridized carbons (Fsp3) is 0.0667. The maximum atomic E-state index is 12.3. The molecule has 0 saturated carbocycles. The number of carbonyl (C=O) groups excluding carboxylic acids is 1. The van der Waals surface area contributed by atoms with Crippen molar-refractivity contribution >= 4 is 44.5 Å². The molecule has 3 rings (SSSR count). The third-order valence-corrected chi connectivity index (χ3v) is 6.14. The quantitative estimate of drug-likeness (QED) is 0.741. The number of nitrogens with zero attached hydrogens (tertiary/aromatic N) is 1. The number of hydrogen-bond donors (Lipinski definition) is 2. The fourth-order valence-electron chi connectivity index (χ4n) is 2.02. The first-order valence-electron chi connectivity index (χ1n) is 6.81. The average molecular weight is 382 g/mol. The Morgan fingerprint density at radius 2 is 1.92 bits per heavy atom. The van der Waals surface area contributed by atoms with Crippen LogP contribution in [0.3, 0.4) is 0 Å². The van der Waals surface area contributed by atoms with Crippen LogP contribution < -0.4 is 10.9 Å². The predicted octanol–water partition coefficient (Wildman–Crippen LogP) is 2.73. The molecule has 1 amide bonds. The number of aryl methyl sites for hydroxylation is 1. The van der Waals surface area contributed by atoms with E-state index in [9.17, 15) is 13.2 Å². The highest BCUT2D eigenvalue weighted by Gasteiger charge is 2.27. The number of hydrogen-bond acceptors (Lipinski definition) is 5. The minimum Gasteiger partial charge on any atom is -0.275 e. The number of fused-ring (bicyclic) bond motifs is 1. The number of amides is 1. The second-order valence-corrected chi connectivity index (χ2v) is 7.98. The Bertz CT molecular complexity index is 944. The summed E-state index contributed by atoms with van der Waals surface area (Å²) in [5.41, 5.74) is 6.06. The molecule has 0 spiro atoms. The van der Waals surface area contributed by atoms with Crippen molar-refractivity contribution in [2.75, 3.05) is 0 Å². The summed E-state index contributed by atoms with van der Waals surface area (Å²) < 4.78 is 28.2. The number of sulfonamides is 1. The molecule has 0 radical (unpaired) electrons. The molecule has 1 aliphatic rings. The molecule has 1 heterocycles. The van der Waals surface area contributed by atoms with Crippen LogP contribution in [0.25, 0.3) is 0 Å². The van der Waals surface area contributed by atoms with Crippen molar-refractivity contribution in [1.82, 2.24) is 10.9 Å². The van der Waals surface area contributed by atoms with Gasteiger partial charge in [0.25, 0.3) is 15.9 Å². The largest absolute Gasteiger partial charge is 0.285 e. The molecule has 2 aromatic carbocycles. The van der Waals surface area contributed by atoms with Crippen molar-refractivity contribution in [3.05, 3.63) is 58.6 Å². The molecule has 0 aromatic heterocycles. The Morgan fingerprint density at radius 1 is 1.21 bits per heavy atom. The van der Waals surface area contributed by atoms with Gasteiger partial charge in [-0.15, -0.1) is 4.40 Å². The highest BCUT2D eigenvalue weighted by atomic mass is 35.5. The Labute approximate surface area is 148 Å². The van der Waals surface area contributed by atoms with Gasteiger partial charge in [-0.25, -0.2) is 0 Å². The third kappa shape index (κ3) is 3.40. The van der Waals surface area contributed by atoms with E-state index in [2.05, 4.69) is 15.2 Å². The zero-order valence-corrected chi connectivity index (χ0v) is 14.8. The van der Waals surface area contributed by atoms with Crippen LogP contribution in [0, 0.1) is 6.92 Å². The molecule has 1 aliphatic heterocycles. The normalized spacial score (nSPS) is 15.2. The number of thioether (sulfide) groups is 1. The minimum absolute atomic E-state index is 0.0479. The van der Waals surface area contributed by atoms with Gasteiger partial charge in [-0.05, 0) is 48.5 Å². The molecule has 9 heteroatoms. The van der Waals surface area contributed by atoms with Crippen LogP contribution in [0.1, 0.15) is 15.9 Å². The minimum atomic E-state index is -3.85. The second-order valence-electron chi connectivity index (χ2n) is 4.97. The molecule has 124 valence electrons. The molecular weight excluding hydrogens is 370 g/mol. The molecule has 2 aromatic rings. The average Bonchev–Trinajstić information content (AvgIpc) is 2.55. The molecular formula is C15H12ClN3O3S2.